The highest BCUT2D eigenvalue weighted by molar-refractivity contribution is 7.17. The van der Waals surface area contributed by atoms with E-state index in [9.17, 15) is 5.11 Å². The number of fused-ring (bicyclic) bond motifs is 1. The van der Waals surface area contributed by atoms with Gasteiger partial charge in [0, 0.05) is 11.3 Å². The van der Waals surface area contributed by atoms with E-state index < -0.39 is 0 Å². The third-order valence-corrected chi connectivity index (χ3v) is 7.09. The van der Waals surface area contributed by atoms with Gasteiger partial charge in [0.2, 0.25) is 10.8 Å². The van der Waals surface area contributed by atoms with Crippen molar-refractivity contribution in [2.75, 3.05) is 31.1 Å². The Hall–Kier alpha value is -2.90. The molecule has 1 atom stereocenters. The average Bonchev–Trinajstić information content (AvgIpc) is 3.28. The van der Waals surface area contributed by atoms with Crippen LogP contribution in [0.3, 0.4) is 0 Å². The van der Waals surface area contributed by atoms with Crippen molar-refractivity contribution in [3.8, 4) is 5.88 Å². The number of para-hydroxylation sites is 1. The first-order chi connectivity index (χ1) is 14.6. The van der Waals surface area contributed by atoms with Crippen molar-refractivity contribution in [2.45, 2.75) is 19.9 Å². The molecule has 0 radical (unpaired) electrons. The average molecular weight is 421 g/mol. The van der Waals surface area contributed by atoms with Gasteiger partial charge in [0.15, 0.2) is 6.04 Å². The molecule has 2 aromatic heterocycles. The molecule has 0 aliphatic carbocycles. The standard InChI is InChI=1S/C23H25N5OS/c1-16-8-6-7-11-19(16)20(21-22(29)28-23(30-21)24-17(2)25-28)27-14-12-26(13-15-27)18-9-4-3-5-10-18/h3-11,20,29H,12-15H2,1-2H3/p+1/t20-/m1/s1. The molecule has 3 heterocycles. The molecule has 1 aliphatic heterocycles. The summed E-state index contributed by atoms with van der Waals surface area (Å²) in [5, 5.41) is 15.4. The number of aryl methyl sites for hydroxylation is 2. The molecule has 154 valence electrons. The van der Waals surface area contributed by atoms with Crippen molar-refractivity contribution in [3.05, 3.63) is 76.4 Å². The first-order valence-electron chi connectivity index (χ1n) is 10.4. The minimum absolute atomic E-state index is 0.0675. The molecule has 1 aliphatic rings. The molecule has 1 saturated heterocycles. The van der Waals surface area contributed by atoms with Crippen molar-refractivity contribution in [1.82, 2.24) is 14.6 Å². The number of quaternary nitrogens is 1. The highest BCUT2D eigenvalue weighted by Crippen LogP contribution is 2.36. The van der Waals surface area contributed by atoms with Gasteiger partial charge < -0.3 is 14.9 Å². The fourth-order valence-corrected chi connectivity index (χ4v) is 5.65. The van der Waals surface area contributed by atoms with Crippen molar-refractivity contribution >= 4 is 22.0 Å². The topological polar surface area (TPSA) is 58.1 Å². The summed E-state index contributed by atoms with van der Waals surface area (Å²) in [4.78, 5) is 10.1. The van der Waals surface area contributed by atoms with Gasteiger partial charge in [0.1, 0.15) is 10.7 Å². The van der Waals surface area contributed by atoms with Crippen LogP contribution in [0.2, 0.25) is 0 Å². The maximum Gasteiger partial charge on any atom is 0.235 e. The second-order valence-corrected chi connectivity index (χ2v) is 8.92. The van der Waals surface area contributed by atoms with E-state index in [-0.39, 0.29) is 11.9 Å². The maximum absolute atomic E-state index is 11.0. The number of rotatable bonds is 4. The molecule has 4 aromatic rings. The molecular weight excluding hydrogens is 394 g/mol. The number of hydrogen-bond donors (Lipinski definition) is 2. The maximum atomic E-state index is 11.0. The molecule has 0 bridgehead atoms. The minimum atomic E-state index is 0.0675. The molecule has 2 N–H and O–H groups in total. The molecule has 5 rings (SSSR count). The van der Waals surface area contributed by atoms with Crippen molar-refractivity contribution in [3.63, 3.8) is 0 Å². The van der Waals surface area contributed by atoms with Gasteiger partial charge in [-0.15, -0.1) is 5.10 Å². The number of aromatic nitrogens is 3. The highest BCUT2D eigenvalue weighted by Gasteiger charge is 2.35. The van der Waals surface area contributed by atoms with Gasteiger partial charge in [-0.3, -0.25) is 0 Å². The summed E-state index contributed by atoms with van der Waals surface area (Å²) in [6.07, 6.45) is 0. The van der Waals surface area contributed by atoms with Crippen LogP contribution in [0, 0.1) is 13.8 Å². The van der Waals surface area contributed by atoms with E-state index in [1.165, 1.54) is 21.7 Å². The summed E-state index contributed by atoms with van der Waals surface area (Å²) < 4.78 is 1.58. The van der Waals surface area contributed by atoms with Crippen molar-refractivity contribution in [2.24, 2.45) is 0 Å². The lowest BCUT2D eigenvalue weighted by Gasteiger charge is -2.37. The van der Waals surface area contributed by atoms with Gasteiger partial charge in [-0.05, 0) is 31.5 Å². The number of hydrogen-bond acceptors (Lipinski definition) is 5. The predicted molar refractivity (Wildman–Crippen MR) is 120 cm³/mol. The summed E-state index contributed by atoms with van der Waals surface area (Å²) >= 11 is 1.55. The lowest BCUT2D eigenvalue weighted by atomic mass is 9.98. The zero-order chi connectivity index (χ0) is 20.7. The third kappa shape index (κ3) is 3.34. The number of benzene rings is 2. The Bertz CT molecular complexity index is 1160. The third-order valence-electron chi connectivity index (χ3n) is 6.00. The fourth-order valence-electron chi connectivity index (χ4n) is 4.47. The lowest BCUT2D eigenvalue weighted by Crippen LogP contribution is -3.15. The van der Waals surface area contributed by atoms with Crippen molar-refractivity contribution in [1.29, 1.82) is 0 Å². The quantitative estimate of drug-likeness (QED) is 0.533. The van der Waals surface area contributed by atoms with Crippen LogP contribution in [0.5, 0.6) is 5.88 Å². The summed E-state index contributed by atoms with van der Waals surface area (Å²) in [5.74, 6) is 0.904. The molecule has 2 aromatic carbocycles. The molecule has 0 saturated carbocycles. The second-order valence-electron chi connectivity index (χ2n) is 7.91. The number of piperazine rings is 1. The molecule has 1 fully saturated rings. The SMILES string of the molecule is Cc1nc2sc([C@@H](c3ccccc3C)[NH+]3CCN(c4ccccc4)CC3)c(O)n2n1. The monoisotopic (exact) mass is 420 g/mol. The smallest absolute Gasteiger partial charge is 0.235 e. The van der Waals surface area contributed by atoms with E-state index in [2.05, 4.69) is 76.5 Å². The summed E-state index contributed by atoms with van der Waals surface area (Å²) in [5.41, 5.74) is 3.79. The van der Waals surface area contributed by atoms with Crippen LogP contribution in [-0.2, 0) is 0 Å². The van der Waals surface area contributed by atoms with Gasteiger partial charge in [0.25, 0.3) is 0 Å². The van der Waals surface area contributed by atoms with Crippen LogP contribution in [0.4, 0.5) is 5.69 Å². The first-order valence-corrected chi connectivity index (χ1v) is 11.2. The van der Waals surface area contributed by atoms with Gasteiger partial charge in [-0.2, -0.15) is 4.52 Å². The molecule has 30 heavy (non-hydrogen) atoms. The van der Waals surface area contributed by atoms with Gasteiger partial charge >= 0.3 is 0 Å². The van der Waals surface area contributed by atoms with E-state index in [4.69, 9.17) is 0 Å². The van der Waals surface area contributed by atoms with E-state index in [0.29, 0.717) is 5.82 Å². The molecule has 0 amide bonds. The molecule has 6 nitrogen and oxygen atoms in total. The van der Waals surface area contributed by atoms with Crippen LogP contribution in [-0.4, -0.2) is 45.9 Å². The van der Waals surface area contributed by atoms with Crippen LogP contribution < -0.4 is 9.80 Å². The molecule has 7 heteroatoms. The van der Waals surface area contributed by atoms with Gasteiger partial charge in [-0.1, -0.05) is 53.8 Å². The van der Waals surface area contributed by atoms with E-state index >= 15 is 0 Å². The molecule has 0 unspecified atom stereocenters. The summed E-state index contributed by atoms with van der Waals surface area (Å²) in [6.45, 7) is 7.98. The Balaban J connectivity index is 1.50. The van der Waals surface area contributed by atoms with E-state index in [1.54, 1.807) is 15.9 Å². The number of thiazole rings is 1. The van der Waals surface area contributed by atoms with E-state index in [0.717, 1.165) is 36.0 Å². The lowest BCUT2D eigenvalue weighted by molar-refractivity contribution is -0.925. The van der Waals surface area contributed by atoms with E-state index in [1.807, 2.05) is 6.92 Å². The van der Waals surface area contributed by atoms with Crippen LogP contribution in [0.15, 0.2) is 54.6 Å². The zero-order valence-electron chi connectivity index (χ0n) is 17.2. The highest BCUT2D eigenvalue weighted by atomic mass is 32.1. The summed E-state index contributed by atoms with van der Waals surface area (Å²) in [7, 11) is 0. The molecule has 0 spiro atoms. The van der Waals surface area contributed by atoms with Crippen molar-refractivity contribution < 1.29 is 10.0 Å². The fraction of sp³-hybridized carbons (Fsp3) is 0.304. The Morgan fingerprint density at radius 3 is 2.40 bits per heavy atom. The van der Waals surface area contributed by atoms with Gasteiger partial charge in [0.05, 0.1) is 26.2 Å². The zero-order valence-corrected chi connectivity index (χ0v) is 18.1. The summed E-state index contributed by atoms with van der Waals surface area (Å²) in [6, 6.07) is 19.2. The largest absolute Gasteiger partial charge is 0.492 e. The van der Waals surface area contributed by atoms with Gasteiger partial charge in [-0.25, -0.2) is 4.98 Å². The Morgan fingerprint density at radius 2 is 1.70 bits per heavy atom. The molecular formula is C23H26N5OS+. The van der Waals surface area contributed by atoms with Crippen LogP contribution in [0.25, 0.3) is 4.96 Å². The Kier molecular flexibility index (Phi) is 4.92. The number of anilines is 1. The first kappa shape index (κ1) is 19.1. The number of nitrogens with one attached hydrogen (secondary N) is 1. The Morgan fingerprint density at radius 1 is 1.00 bits per heavy atom. The predicted octanol–water partition coefficient (Wildman–Crippen LogP) is 2.61. The second kappa shape index (κ2) is 7.74. The van der Waals surface area contributed by atoms with Crippen LogP contribution in [0.1, 0.15) is 27.9 Å². The number of aromatic hydroxyl groups is 1. The van der Waals surface area contributed by atoms with Crippen LogP contribution >= 0.6 is 11.3 Å². The normalized spacial score (nSPS) is 16.3. The number of nitrogens with zero attached hydrogens (tertiary/aromatic N) is 4. The Labute approximate surface area is 180 Å². The minimum Gasteiger partial charge on any atom is -0.492 e.